The van der Waals surface area contributed by atoms with Crippen LogP contribution in [0.5, 0.6) is 5.75 Å². The highest BCUT2D eigenvalue weighted by Crippen LogP contribution is 2.34. The Morgan fingerprint density at radius 1 is 1.38 bits per heavy atom. The molecule has 2 aliphatic heterocycles. The van der Waals surface area contributed by atoms with Crippen LogP contribution in [0.25, 0.3) is 0 Å². The van der Waals surface area contributed by atoms with Gasteiger partial charge in [0.1, 0.15) is 5.75 Å². The van der Waals surface area contributed by atoms with Gasteiger partial charge in [-0.15, -0.1) is 24.0 Å². The maximum atomic E-state index is 5.91. The smallest absolute Gasteiger partial charge is 0.191 e. The van der Waals surface area contributed by atoms with Crippen molar-refractivity contribution in [2.24, 2.45) is 4.99 Å². The molecule has 0 spiro atoms. The molecule has 0 saturated carbocycles. The Morgan fingerprint density at radius 2 is 2.21 bits per heavy atom. The number of hydrogen-bond acceptors (Lipinski definition) is 3. The molecule has 3 atom stereocenters. The van der Waals surface area contributed by atoms with Gasteiger partial charge in [-0.1, -0.05) is 12.1 Å². The van der Waals surface area contributed by atoms with E-state index in [1.807, 2.05) is 6.92 Å². The fraction of sp³-hybridized carbons (Fsp3) is 0.611. The predicted molar refractivity (Wildman–Crippen MR) is 107 cm³/mol. The molecule has 24 heavy (non-hydrogen) atoms. The Morgan fingerprint density at radius 3 is 2.83 bits per heavy atom. The molecule has 0 radical (unpaired) electrons. The molecule has 3 unspecified atom stereocenters. The third-order valence-electron chi connectivity index (χ3n) is 4.66. The highest BCUT2D eigenvalue weighted by atomic mass is 127. The molecular weight excluding hydrogens is 417 g/mol. The van der Waals surface area contributed by atoms with Crippen LogP contribution < -0.4 is 15.4 Å². The number of aliphatic imine (C=N–C) groups is 1. The number of ether oxygens (including phenoxy) is 2. The summed E-state index contributed by atoms with van der Waals surface area (Å²) in [5.74, 6) is 1.78. The van der Waals surface area contributed by atoms with Gasteiger partial charge in [0.2, 0.25) is 0 Å². The fourth-order valence-corrected chi connectivity index (χ4v) is 3.42. The van der Waals surface area contributed by atoms with Crippen LogP contribution in [0, 0.1) is 6.92 Å². The second-order valence-corrected chi connectivity index (χ2v) is 6.36. The zero-order chi connectivity index (χ0) is 16.2. The summed E-state index contributed by atoms with van der Waals surface area (Å²) < 4.78 is 11.3. The van der Waals surface area contributed by atoms with Gasteiger partial charge in [0.25, 0.3) is 0 Å². The van der Waals surface area contributed by atoms with Crippen molar-refractivity contribution in [2.75, 3.05) is 13.7 Å². The van der Waals surface area contributed by atoms with E-state index in [9.17, 15) is 0 Å². The van der Waals surface area contributed by atoms with Gasteiger partial charge in [-0.3, -0.25) is 0 Å². The van der Waals surface area contributed by atoms with Crippen molar-refractivity contribution in [1.82, 2.24) is 10.6 Å². The third kappa shape index (κ3) is 4.53. The number of nitrogens with one attached hydrogen (secondary N) is 2. The molecule has 0 aliphatic carbocycles. The lowest BCUT2D eigenvalue weighted by atomic mass is 9.96. The maximum absolute atomic E-state index is 5.91. The number of aryl methyl sites for hydroxylation is 1. The summed E-state index contributed by atoms with van der Waals surface area (Å²) in [6, 6.07) is 6.63. The molecule has 0 amide bonds. The summed E-state index contributed by atoms with van der Waals surface area (Å²) in [6.45, 7) is 5.62. The van der Waals surface area contributed by atoms with Gasteiger partial charge < -0.3 is 20.1 Å². The Balaban J connectivity index is 0.00000208. The molecule has 2 fully saturated rings. The van der Waals surface area contributed by atoms with Gasteiger partial charge in [-0.25, -0.2) is 4.99 Å². The van der Waals surface area contributed by atoms with Crippen LogP contribution >= 0.6 is 24.0 Å². The number of nitrogens with zero attached hydrogens (tertiary/aromatic N) is 1. The first-order valence-corrected chi connectivity index (χ1v) is 8.53. The average Bonchev–Trinajstić information content (AvgIpc) is 3.17. The molecule has 3 rings (SSSR count). The summed E-state index contributed by atoms with van der Waals surface area (Å²) in [5.41, 5.74) is 2.29. The first kappa shape index (κ1) is 19.3. The van der Waals surface area contributed by atoms with Crippen molar-refractivity contribution in [2.45, 2.75) is 57.9 Å². The summed E-state index contributed by atoms with van der Waals surface area (Å²) in [6.07, 6.45) is 4.26. The van der Waals surface area contributed by atoms with Gasteiger partial charge in [0.15, 0.2) is 5.96 Å². The van der Waals surface area contributed by atoms with Gasteiger partial charge in [0, 0.05) is 6.54 Å². The molecule has 2 saturated heterocycles. The molecule has 2 aliphatic rings. The van der Waals surface area contributed by atoms with E-state index < -0.39 is 0 Å². The maximum Gasteiger partial charge on any atom is 0.191 e. The highest BCUT2D eigenvalue weighted by Gasteiger charge is 2.41. The van der Waals surface area contributed by atoms with E-state index in [4.69, 9.17) is 14.5 Å². The lowest BCUT2D eigenvalue weighted by Crippen LogP contribution is -2.47. The van der Waals surface area contributed by atoms with Gasteiger partial charge in [0.05, 0.1) is 31.9 Å². The Hall–Kier alpha value is -1.02. The molecular formula is C18H28IN3O2. The normalized spacial score (nSPS) is 25.3. The minimum atomic E-state index is 0. The van der Waals surface area contributed by atoms with E-state index in [1.165, 1.54) is 6.42 Å². The van der Waals surface area contributed by atoms with Gasteiger partial charge in [-0.05, 0) is 50.3 Å². The van der Waals surface area contributed by atoms with Gasteiger partial charge >= 0.3 is 0 Å². The summed E-state index contributed by atoms with van der Waals surface area (Å²) in [4.78, 5) is 4.72. The molecule has 134 valence electrons. The van der Waals surface area contributed by atoms with Crippen LogP contribution in [-0.2, 0) is 11.3 Å². The van der Waals surface area contributed by atoms with Gasteiger partial charge in [-0.2, -0.15) is 0 Å². The van der Waals surface area contributed by atoms with E-state index in [1.54, 1.807) is 7.11 Å². The van der Waals surface area contributed by atoms with Crippen LogP contribution in [0.1, 0.15) is 37.3 Å². The quantitative estimate of drug-likeness (QED) is 0.416. The van der Waals surface area contributed by atoms with Crippen molar-refractivity contribution in [3.05, 3.63) is 29.3 Å². The fourth-order valence-electron chi connectivity index (χ4n) is 3.42. The highest BCUT2D eigenvalue weighted by molar-refractivity contribution is 14.0. The number of rotatable bonds is 5. The molecule has 2 N–H and O–H groups in total. The molecule has 1 aromatic carbocycles. The van der Waals surface area contributed by atoms with Crippen LogP contribution in [0.4, 0.5) is 0 Å². The number of halogens is 1. The number of hydrogen-bond donors (Lipinski definition) is 2. The van der Waals surface area contributed by atoms with Crippen molar-refractivity contribution in [3.63, 3.8) is 0 Å². The zero-order valence-electron chi connectivity index (χ0n) is 14.7. The van der Waals surface area contributed by atoms with Crippen molar-refractivity contribution >= 4 is 29.9 Å². The largest absolute Gasteiger partial charge is 0.496 e. The molecule has 2 bridgehead atoms. The SMILES string of the molecule is CCNC(=NCc1ccc(C)c(OC)c1)NC1CC2CCC1O2.I. The monoisotopic (exact) mass is 445 g/mol. The van der Waals surface area contributed by atoms with Crippen LogP contribution in [0.3, 0.4) is 0 Å². The third-order valence-corrected chi connectivity index (χ3v) is 4.66. The lowest BCUT2D eigenvalue weighted by molar-refractivity contribution is 0.0992. The van der Waals surface area contributed by atoms with E-state index in [-0.39, 0.29) is 24.0 Å². The second kappa shape index (κ2) is 8.89. The van der Waals surface area contributed by atoms with Crippen LogP contribution in [-0.4, -0.2) is 37.9 Å². The number of guanidine groups is 1. The first-order chi connectivity index (χ1) is 11.2. The molecule has 6 heteroatoms. The standard InChI is InChI=1S/C18H27N3O2.HI/c1-4-19-18(21-15-10-14-7-8-16(15)23-14)20-11-13-6-5-12(2)17(9-13)22-3;/h5-6,9,14-16H,4,7-8,10-11H2,1-3H3,(H2,19,20,21);1H. The summed E-state index contributed by atoms with van der Waals surface area (Å²) in [7, 11) is 1.70. The van der Waals surface area contributed by atoms with E-state index >= 15 is 0 Å². The summed E-state index contributed by atoms with van der Waals surface area (Å²) >= 11 is 0. The van der Waals surface area contributed by atoms with Crippen molar-refractivity contribution in [1.29, 1.82) is 0 Å². The average molecular weight is 445 g/mol. The Kier molecular flexibility index (Phi) is 7.16. The predicted octanol–water partition coefficient (Wildman–Crippen LogP) is 3.00. The van der Waals surface area contributed by atoms with E-state index in [2.05, 4.69) is 35.8 Å². The lowest BCUT2D eigenvalue weighted by Gasteiger charge is -2.22. The topological polar surface area (TPSA) is 54.9 Å². The number of methoxy groups -OCH3 is 1. The molecule has 5 nitrogen and oxygen atoms in total. The molecule has 2 heterocycles. The molecule has 0 aromatic heterocycles. The summed E-state index contributed by atoms with van der Waals surface area (Å²) in [5, 5.41) is 6.87. The second-order valence-electron chi connectivity index (χ2n) is 6.36. The first-order valence-electron chi connectivity index (χ1n) is 8.53. The minimum absolute atomic E-state index is 0. The number of benzene rings is 1. The van der Waals surface area contributed by atoms with E-state index in [0.717, 1.165) is 42.2 Å². The minimum Gasteiger partial charge on any atom is -0.496 e. The molecule has 1 aromatic rings. The zero-order valence-corrected chi connectivity index (χ0v) is 17.0. The van der Waals surface area contributed by atoms with E-state index in [0.29, 0.717) is 24.8 Å². The van der Waals surface area contributed by atoms with Crippen LogP contribution in [0.15, 0.2) is 23.2 Å². The van der Waals surface area contributed by atoms with Crippen molar-refractivity contribution < 1.29 is 9.47 Å². The Bertz CT molecular complexity index is 579. The van der Waals surface area contributed by atoms with Crippen molar-refractivity contribution in [3.8, 4) is 5.75 Å². The number of fused-ring (bicyclic) bond motifs is 2. The van der Waals surface area contributed by atoms with Crippen LogP contribution in [0.2, 0.25) is 0 Å². The Labute approximate surface area is 161 Å².